The average molecular weight is 182 g/mol. The highest BCUT2D eigenvalue weighted by molar-refractivity contribution is 4.88. The summed E-state index contributed by atoms with van der Waals surface area (Å²) >= 11 is 0. The highest BCUT2D eigenvalue weighted by atomic mass is 14.4. The van der Waals surface area contributed by atoms with Gasteiger partial charge in [-0.05, 0) is 42.4 Å². The first-order valence-corrected chi connectivity index (χ1v) is 5.81. The Balaban J connectivity index is 2.14. The lowest BCUT2D eigenvalue weighted by molar-refractivity contribution is 0.280. The summed E-state index contributed by atoms with van der Waals surface area (Å²) in [5, 5.41) is 0. The van der Waals surface area contributed by atoms with Crippen molar-refractivity contribution in [1.82, 2.24) is 0 Å². The van der Waals surface area contributed by atoms with Crippen LogP contribution in [0.1, 0.15) is 66.7 Å². The van der Waals surface area contributed by atoms with Crippen LogP contribution in [0.5, 0.6) is 0 Å². The average Bonchev–Trinajstić information content (AvgIpc) is 2.62. The van der Waals surface area contributed by atoms with E-state index >= 15 is 0 Å². The van der Waals surface area contributed by atoms with Crippen molar-refractivity contribution in [2.45, 2.75) is 66.7 Å². The minimum Gasteiger partial charge on any atom is -0.0625 e. The van der Waals surface area contributed by atoms with Gasteiger partial charge < -0.3 is 0 Å². The molecule has 0 aromatic carbocycles. The largest absolute Gasteiger partial charge is 0.0625 e. The quantitative estimate of drug-likeness (QED) is 0.594. The summed E-state index contributed by atoms with van der Waals surface area (Å²) < 4.78 is 0. The highest BCUT2D eigenvalue weighted by Gasteiger charge is 2.36. The Labute approximate surface area is 84.1 Å². The molecule has 0 radical (unpaired) electrons. The van der Waals surface area contributed by atoms with Gasteiger partial charge in [-0.15, -0.1) is 0 Å². The fraction of sp³-hybridized carbons (Fsp3) is 1.00. The van der Waals surface area contributed by atoms with Crippen LogP contribution < -0.4 is 0 Å². The maximum absolute atomic E-state index is 2.44. The molecule has 1 unspecified atom stereocenters. The standard InChI is InChI=1S/C13H26/c1-11(10-12(2,3)4)6-7-13(5)8-9-13/h11H,6-10H2,1-5H3. The Morgan fingerprint density at radius 2 is 1.77 bits per heavy atom. The minimum atomic E-state index is 0.518. The van der Waals surface area contributed by atoms with Gasteiger partial charge in [0.15, 0.2) is 0 Å². The van der Waals surface area contributed by atoms with Gasteiger partial charge in [0, 0.05) is 0 Å². The molecule has 13 heavy (non-hydrogen) atoms. The van der Waals surface area contributed by atoms with Gasteiger partial charge in [-0.1, -0.05) is 41.0 Å². The van der Waals surface area contributed by atoms with Gasteiger partial charge in [0.1, 0.15) is 0 Å². The molecule has 0 spiro atoms. The molecule has 1 aliphatic rings. The summed E-state index contributed by atoms with van der Waals surface area (Å²) in [4.78, 5) is 0. The Morgan fingerprint density at radius 1 is 1.23 bits per heavy atom. The van der Waals surface area contributed by atoms with Gasteiger partial charge in [0.05, 0.1) is 0 Å². The van der Waals surface area contributed by atoms with Crippen LogP contribution in [-0.4, -0.2) is 0 Å². The van der Waals surface area contributed by atoms with Crippen molar-refractivity contribution in [2.24, 2.45) is 16.7 Å². The summed E-state index contributed by atoms with van der Waals surface area (Å²) in [6.45, 7) is 11.9. The molecule has 78 valence electrons. The van der Waals surface area contributed by atoms with Crippen molar-refractivity contribution in [3.05, 3.63) is 0 Å². The van der Waals surface area contributed by atoms with Crippen LogP contribution in [0.15, 0.2) is 0 Å². The first-order chi connectivity index (χ1) is 5.81. The Kier molecular flexibility index (Phi) is 3.09. The fourth-order valence-corrected chi connectivity index (χ4v) is 2.21. The molecule has 0 N–H and O–H groups in total. The van der Waals surface area contributed by atoms with E-state index in [2.05, 4.69) is 34.6 Å². The zero-order valence-electron chi connectivity index (χ0n) is 10.1. The molecule has 0 heteroatoms. The Hall–Kier alpha value is 0. The van der Waals surface area contributed by atoms with Crippen molar-refractivity contribution in [3.8, 4) is 0 Å². The van der Waals surface area contributed by atoms with Crippen LogP contribution in [0.2, 0.25) is 0 Å². The first kappa shape index (κ1) is 11.1. The maximum Gasteiger partial charge on any atom is -0.0325 e. The van der Waals surface area contributed by atoms with E-state index < -0.39 is 0 Å². The first-order valence-electron chi connectivity index (χ1n) is 5.81. The van der Waals surface area contributed by atoms with E-state index in [0.717, 1.165) is 11.3 Å². The molecule has 1 atom stereocenters. The third-order valence-electron chi connectivity index (χ3n) is 3.31. The van der Waals surface area contributed by atoms with Crippen LogP contribution in [-0.2, 0) is 0 Å². The summed E-state index contributed by atoms with van der Waals surface area (Å²) in [7, 11) is 0. The molecule has 1 rings (SSSR count). The van der Waals surface area contributed by atoms with Crippen molar-refractivity contribution in [1.29, 1.82) is 0 Å². The van der Waals surface area contributed by atoms with E-state index in [-0.39, 0.29) is 0 Å². The van der Waals surface area contributed by atoms with Crippen LogP contribution in [0.3, 0.4) is 0 Å². The third kappa shape index (κ3) is 4.69. The van der Waals surface area contributed by atoms with E-state index in [9.17, 15) is 0 Å². The van der Waals surface area contributed by atoms with Gasteiger partial charge in [-0.2, -0.15) is 0 Å². The SMILES string of the molecule is CC(CCC1(C)CC1)CC(C)(C)C. The number of hydrogen-bond donors (Lipinski definition) is 0. The van der Waals surface area contributed by atoms with Crippen molar-refractivity contribution in [2.75, 3.05) is 0 Å². The topological polar surface area (TPSA) is 0 Å². The summed E-state index contributed by atoms with van der Waals surface area (Å²) in [5.74, 6) is 0.914. The number of hydrogen-bond acceptors (Lipinski definition) is 0. The fourth-order valence-electron chi connectivity index (χ4n) is 2.21. The predicted molar refractivity (Wildman–Crippen MR) is 59.8 cm³/mol. The second-order valence-corrected chi connectivity index (χ2v) is 6.72. The van der Waals surface area contributed by atoms with Crippen LogP contribution in [0.25, 0.3) is 0 Å². The zero-order valence-corrected chi connectivity index (χ0v) is 10.1. The predicted octanol–water partition coefficient (Wildman–Crippen LogP) is 4.64. The maximum atomic E-state index is 2.44. The number of rotatable bonds is 4. The Morgan fingerprint density at radius 3 is 2.15 bits per heavy atom. The van der Waals surface area contributed by atoms with E-state index in [1.807, 2.05) is 0 Å². The summed E-state index contributed by atoms with van der Waals surface area (Å²) in [6.07, 6.45) is 7.24. The van der Waals surface area contributed by atoms with Gasteiger partial charge in [0.25, 0.3) is 0 Å². The van der Waals surface area contributed by atoms with Gasteiger partial charge >= 0.3 is 0 Å². The van der Waals surface area contributed by atoms with Crippen molar-refractivity contribution in [3.63, 3.8) is 0 Å². The monoisotopic (exact) mass is 182 g/mol. The molecule has 0 aromatic rings. The van der Waals surface area contributed by atoms with Crippen LogP contribution in [0.4, 0.5) is 0 Å². The molecular formula is C13H26. The van der Waals surface area contributed by atoms with Crippen LogP contribution >= 0.6 is 0 Å². The highest BCUT2D eigenvalue weighted by Crippen LogP contribution is 2.49. The molecule has 0 bridgehead atoms. The van der Waals surface area contributed by atoms with Gasteiger partial charge in [-0.25, -0.2) is 0 Å². The molecule has 0 aliphatic heterocycles. The lowest BCUT2D eigenvalue weighted by atomic mass is 9.82. The van der Waals surface area contributed by atoms with Crippen molar-refractivity contribution < 1.29 is 0 Å². The van der Waals surface area contributed by atoms with E-state index in [1.165, 1.54) is 32.1 Å². The van der Waals surface area contributed by atoms with E-state index in [1.54, 1.807) is 0 Å². The lowest BCUT2D eigenvalue weighted by Gasteiger charge is -2.24. The van der Waals surface area contributed by atoms with Crippen molar-refractivity contribution >= 4 is 0 Å². The second kappa shape index (κ2) is 3.63. The molecule has 0 saturated heterocycles. The molecule has 0 nitrogen and oxygen atoms in total. The van der Waals surface area contributed by atoms with Gasteiger partial charge in [0.2, 0.25) is 0 Å². The summed E-state index contributed by atoms with van der Waals surface area (Å²) in [6, 6.07) is 0. The second-order valence-electron chi connectivity index (χ2n) is 6.72. The normalized spacial score (nSPS) is 22.8. The van der Waals surface area contributed by atoms with E-state index in [0.29, 0.717) is 5.41 Å². The molecular weight excluding hydrogens is 156 g/mol. The minimum absolute atomic E-state index is 0.518. The molecule has 1 saturated carbocycles. The van der Waals surface area contributed by atoms with E-state index in [4.69, 9.17) is 0 Å². The molecule has 0 aromatic heterocycles. The third-order valence-corrected chi connectivity index (χ3v) is 3.31. The lowest BCUT2D eigenvalue weighted by Crippen LogP contribution is -2.11. The Bertz CT molecular complexity index is 157. The molecule has 0 heterocycles. The molecule has 1 fully saturated rings. The smallest absolute Gasteiger partial charge is 0.0325 e. The van der Waals surface area contributed by atoms with Gasteiger partial charge in [-0.3, -0.25) is 0 Å². The molecule has 1 aliphatic carbocycles. The summed E-state index contributed by atoms with van der Waals surface area (Å²) in [5.41, 5.74) is 1.27. The van der Waals surface area contributed by atoms with Crippen LogP contribution in [0, 0.1) is 16.7 Å². The zero-order chi connectivity index (χ0) is 10.1. The molecule has 0 amide bonds.